The molecule has 43 heavy (non-hydrogen) atoms. The number of aliphatic hydroxyl groups excluding tert-OH is 2. The highest BCUT2D eigenvalue weighted by Crippen LogP contribution is 2.33. The van der Waals surface area contributed by atoms with Crippen molar-refractivity contribution in [3.05, 3.63) is 42.0 Å². The van der Waals surface area contributed by atoms with Crippen LogP contribution in [0.3, 0.4) is 0 Å². The average molecular weight is 636 g/mol. The summed E-state index contributed by atoms with van der Waals surface area (Å²) >= 11 is 0. The van der Waals surface area contributed by atoms with Gasteiger partial charge in [-0.15, -0.1) is 0 Å². The molecule has 4 rings (SSSR count). The lowest BCUT2D eigenvalue weighted by Gasteiger charge is -2.16. The first-order valence-corrected chi connectivity index (χ1v) is 14.3. The van der Waals surface area contributed by atoms with Crippen molar-refractivity contribution in [3.8, 4) is 5.75 Å². The number of amides is 1. The normalized spacial score (nSPS) is 20.7. The van der Waals surface area contributed by atoms with Crippen LogP contribution in [0.25, 0.3) is 11.2 Å². The summed E-state index contributed by atoms with van der Waals surface area (Å²) in [5.74, 6) is -2.54. The molecule has 4 atom stereocenters. The van der Waals surface area contributed by atoms with Gasteiger partial charge in [-0.3, -0.25) is 13.5 Å². The van der Waals surface area contributed by atoms with Crippen LogP contribution in [0.5, 0.6) is 5.75 Å². The Bertz CT molecular complexity index is 1510. The van der Waals surface area contributed by atoms with Crippen LogP contribution < -0.4 is 10.5 Å². The number of rotatable bonds is 9. The molecule has 6 N–H and O–H groups in total. The number of ether oxygens (including phenoxy) is 1. The second-order valence-corrected chi connectivity index (χ2v) is 10.5. The van der Waals surface area contributed by atoms with Crippen molar-refractivity contribution in [2.24, 2.45) is 0 Å². The number of fused-ring (bicyclic) bond motifs is 1. The number of hydrogen-bond acceptors (Lipinski definition) is 13. The van der Waals surface area contributed by atoms with Gasteiger partial charge in [0.2, 0.25) is 0 Å². The van der Waals surface area contributed by atoms with Gasteiger partial charge in [0.1, 0.15) is 35.9 Å². The molecule has 1 fully saturated rings. The van der Waals surface area contributed by atoms with Crippen molar-refractivity contribution >= 4 is 33.2 Å². The van der Waals surface area contributed by atoms with Crippen molar-refractivity contribution in [3.63, 3.8) is 0 Å². The first-order chi connectivity index (χ1) is 20.1. The zero-order chi connectivity index (χ0) is 32.1. The molecule has 1 aliphatic rings. The molecule has 1 aliphatic heterocycles. The Morgan fingerprint density at radius 2 is 1.79 bits per heavy atom. The number of phenolic OH excluding ortho intramolecular Hbond substituents is 1. The van der Waals surface area contributed by atoms with Gasteiger partial charge in [0.15, 0.2) is 17.7 Å². The minimum absolute atomic E-state index is 0.0487. The summed E-state index contributed by atoms with van der Waals surface area (Å²) in [6.45, 7) is 9.25. The third-order valence-corrected chi connectivity index (χ3v) is 7.40. The molecule has 1 saturated heterocycles. The van der Waals surface area contributed by atoms with Crippen molar-refractivity contribution in [1.82, 2.24) is 29.1 Å². The number of aromatic hydroxyl groups is 1. The van der Waals surface area contributed by atoms with Crippen molar-refractivity contribution < 1.29 is 50.6 Å². The Balaban J connectivity index is 0.000000646. The molecule has 0 unspecified atom stereocenters. The number of carbonyl (C=O) groups is 1. The molecule has 3 heterocycles. The van der Waals surface area contributed by atoms with E-state index in [2.05, 4.69) is 44.8 Å². The van der Waals surface area contributed by atoms with E-state index < -0.39 is 70.4 Å². The van der Waals surface area contributed by atoms with Gasteiger partial charge >= 0.3 is 16.5 Å². The zero-order valence-corrected chi connectivity index (χ0v) is 24.1. The summed E-state index contributed by atoms with van der Waals surface area (Å²) in [4.78, 5) is 26.3. The van der Waals surface area contributed by atoms with Crippen LogP contribution in [0.2, 0.25) is 0 Å². The Morgan fingerprint density at radius 1 is 1.14 bits per heavy atom. The number of halogens is 3. The van der Waals surface area contributed by atoms with Crippen LogP contribution in [-0.4, -0.2) is 98.6 Å². The number of nitrogens with one attached hydrogen (secondary N) is 1. The standard InChI is InChI=1S/C18H17F3N6O8S.C6H15N/c19-18(20,21)7-1-2-8(9(28)3-7)16(31)26-36(32,33)34-4-10-12(29)13(30)17(35-10)27-6-25-11-14(22)23-5-24-15(11)27;1-4-7(5-2)6-3/h1-3,5-6,10,12-13,17,28-30H,4H2,(H,26,31)(H2,22,23,24);4-6H2,1-3H3/t10-,12-,13-,17-;/m1./s1. The Hall–Kier alpha value is -3.62. The lowest BCUT2D eigenvalue weighted by molar-refractivity contribution is -0.137. The minimum Gasteiger partial charge on any atom is -0.507 e. The number of alkyl halides is 3. The van der Waals surface area contributed by atoms with E-state index in [1.54, 1.807) is 0 Å². The van der Waals surface area contributed by atoms with Crippen molar-refractivity contribution in [2.45, 2.75) is 51.5 Å². The monoisotopic (exact) mass is 635 g/mol. The predicted octanol–water partition coefficient (Wildman–Crippen LogP) is 0.792. The van der Waals surface area contributed by atoms with Gasteiger partial charge < -0.3 is 30.7 Å². The van der Waals surface area contributed by atoms with E-state index in [0.29, 0.717) is 12.1 Å². The molecule has 2 aromatic heterocycles. The van der Waals surface area contributed by atoms with Gasteiger partial charge in [-0.05, 0) is 37.8 Å². The number of nitrogens with zero attached hydrogens (tertiary/aromatic N) is 5. The number of carbonyl (C=O) groups excluding carboxylic acids is 1. The molecule has 19 heteroatoms. The largest absolute Gasteiger partial charge is 0.507 e. The number of phenols is 1. The number of nitrogens with two attached hydrogens (primary N) is 1. The molecular weight excluding hydrogens is 603 g/mol. The highest BCUT2D eigenvalue weighted by molar-refractivity contribution is 7.85. The molecule has 1 aromatic carbocycles. The van der Waals surface area contributed by atoms with Gasteiger partial charge in [-0.25, -0.2) is 19.7 Å². The van der Waals surface area contributed by atoms with Crippen LogP contribution in [0.4, 0.5) is 19.0 Å². The zero-order valence-electron chi connectivity index (χ0n) is 23.3. The highest BCUT2D eigenvalue weighted by atomic mass is 32.2. The van der Waals surface area contributed by atoms with Crippen molar-refractivity contribution in [2.75, 3.05) is 32.0 Å². The van der Waals surface area contributed by atoms with Crippen LogP contribution in [0.1, 0.15) is 42.9 Å². The van der Waals surface area contributed by atoms with E-state index in [1.807, 2.05) is 0 Å². The summed E-state index contributed by atoms with van der Waals surface area (Å²) in [6.07, 6.45) is -8.34. The van der Waals surface area contributed by atoms with Gasteiger partial charge in [0.25, 0.3) is 5.91 Å². The Labute approximate surface area is 244 Å². The summed E-state index contributed by atoms with van der Waals surface area (Å²) in [5.41, 5.74) is 4.04. The maximum absolute atomic E-state index is 12.7. The molecule has 1 amide bonds. The molecular formula is C24H32F3N7O8S. The molecule has 15 nitrogen and oxygen atoms in total. The summed E-state index contributed by atoms with van der Waals surface area (Å²) in [6, 6.07) is 1.31. The fourth-order valence-corrected chi connectivity index (χ4v) is 4.79. The van der Waals surface area contributed by atoms with Gasteiger partial charge in [0, 0.05) is 0 Å². The third-order valence-electron chi connectivity index (χ3n) is 6.51. The molecule has 0 aliphatic carbocycles. The van der Waals surface area contributed by atoms with Gasteiger partial charge in [-0.2, -0.15) is 21.6 Å². The highest BCUT2D eigenvalue weighted by Gasteiger charge is 2.45. The van der Waals surface area contributed by atoms with Crippen LogP contribution >= 0.6 is 0 Å². The van der Waals surface area contributed by atoms with E-state index >= 15 is 0 Å². The minimum atomic E-state index is -4.89. The second-order valence-electron chi connectivity index (χ2n) is 9.15. The number of imidazole rings is 1. The number of hydrogen-bond donors (Lipinski definition) is 5. The number of aliphatic hydroxyl groups is 2. The smallest absolute Gasteiger partial charge is 0.416 e. The van der Waals surface area contributed by atoms with Gasteiger partial charge in [0.05, 0.1) is 24.1 Å². The van der Waals surface area contributed by atoms with E-state index in [0.717, 1.165) is 6.33 Å². The van der Waals surface area contributed by atoms with E-state index in [1.165, 1.54) is 35.3 Å². The predicted molar refractivity (Wildman–Crippen MR) is 145 cm³/mol. The molecule has 0 spiro atoms. The SMILES string of the molecule is CCN(CC)CC.Nc1ncnc2c1ncn2[C@@H]1O[C@H](COS(=O)(=O)NC(=O)c2ccc(C(F)(F)F)cc2O)[C@@H](O)[C@H]1O. The topological polar surface area (TPSA) is 215 Å². The lowest BCUT2D eigenvalue weighted by Crippen LogP contribution is -2.37. The number of aromatic nitrogens is 4. The fourth-order valence-electron chi connectivity index (χ4n) is 4.08. The summed E-state index contributed by atoms with van der Waals surface area (Å²) in [5, 5.41) is 30.4. The maximum Gasteiger partial charge on any atom is 0.416 e. The molecule has 238 valence electrons. The van der Waals surface area contributed by atoms with Crippen LogP contribution in [-0.2, 0) is 25.4 Å². The number of benzene rings is 1. The first kappa shape index (κ1) is 33.9. The van der Waals surface area contributed by atoms with Crippen molar-refractivity contribution in [1.29, 1.82) is 0 Å². The maximum atomic E-state index is 12.7. The molecule has 0 bridgehead atoms. The molecule has 0 radical (unpaired) electrons. The number of anilines is 1. The van der Waals surface area contributed by atoms with Crippen LogP contribution in [0, 0.1) is 0 Å². The van der Waals surface area contributed by atoms with Gasteiger partial charge in [-0.1, -0.05) is 20.8 Å². The summed E-state index contributed by atoms with van der Waals surface area (Å²) in [7, 11) is -4.89. The van der Waals surface area contributed by atoms with E-state index in [4.69, 9.17) is 10.5 Å². The Morgan fingerprint density at radius 3 is 2.35 bits per heavy atom. The Kier molecular flexibility index (Phi) is 10.9. The second kappa shape index (κ2) is 13.8. The molecule has 3 aromatic rings. The van der Waals surface area contributed by atoms with E-state index in [-0.39, 0.29) is 23.0 Å². The molecule has 0 saturated carbocycles. The average Bonchev–Trinajstić information content (AvgIpc) is 3.49. The quantitative estimate of drug-likeness (QED) is 0.220. The number of nitrogen functional groups attached to an aromatic ring is 1. The fraction of sp³-hybridized carbons (Fsp3) is 0.500. The van der Waals surface area contributed by atoms with Crippen LogP contribution in [0.15, 0.2) is 30.9 Å². The first-order valence-electron chi connectivity index (χ1n) is 12.9. The third kappa shape index (κ3) is 8.06. The lowest BCUT2D eigenvalue weighted by atomic mass is 10.1. The van der Waals surface area contributed by atoms with E-state index in [9.17, 15) is 41.7 Å². The summed E-state index contributed by atoms with van der Waals surface area (Å²) < 4.78 is 75.2.